The van der Waals surface area contributed by atoms with E-state index in [0.717, 1.165) is 291 Å². The van der Waals surface area contributed by atoms with E-state index >= 15 is 0 Å². The van der Waals surface area contributed by atoms with E-state index in [2.05, 4.69) is 109 Å². The van der Waals surface area contributed by atoms with Crippen LogP contribution < -0.4 is 86.7 Å². The molecule has 2 spiro atoms. The van der Waals surface area contributed by atoms with E-state index in [9.17, 15) is 19.2 Å². The normalized spacial score (nSPS) is 26.4. The first-order chi connectivity index (χ1) is 64.6. The van der Waals surface area contributed by atoms with Crippen LogP contribution in [0.4, 0.5) is 46.0 Å². The molecule has 8 aliphatic heterocycles. The van der Waals surface area contributed by atoms with Crippen molar-refractivity contribution in [2.24, 2.45) is 34.8 Å². The topological polar surface area (TPSA) is 478 Å². The fourth-order valence-corrected chi connectivity index (χ4v) is 26.1. The molecule has 12 aromatic heterocycles. The molecule has 134 heavy (non-hydrogen) atoms. The van der Waals surface area contributed by atoms with Gasteiger partial charge in [-0.15, -0.1) is 45.3 Å². The van der Waals surface area contributed by atoms with Gasteiger partial charge in [0, 0.05) is 156 Å². The molecule has 24 rings (SSSR count). The molecular formula is C98H116N24O8S4. The van der Waals surface area contributed by atoms with Crippen molar-refractivity contribution in [2.75, 3.05) is 135 Å². The van der Waals surface area contributed by atoms with Gasteiger partial charge in [-0.05, 0) is 225 Å². The summed E-state index contributed by atoms with van der Waals surface area (Å²) in [5.41, 5.74) is 65.1. The minimum atomic E-state index is -0.254. The summed E-state index contributed by atoms with van der Waals surface area (Å²) in [5.74, 6) is 4.21. The minimum absolute atomic E-state index is 0.0212. The number of thiophene rings is 4. The lowest BCUT2D eigenvalue weighted by atomic mass is 9.91. The number of aromatic nitrogens is 8. The summed E-state index contributed by atoms with van der Waals surface area (Å²) in [7, 11) is 0. The molecule has 0 aromatic carbocycles. The number of hydrogen-bond donors (Lipinski definition) is 12. The molecule has 8 saturated heterocycles. The van der Waals surface area contributed by atoms with Crippen molar-refractivity contribution in [3.63, 3.8) is 0 Å². The van der Waals surface area contributed by atoms with Crippen molar-refractivity contribution < 1.29 is 38.1 Å². The molecule has 700 valence electrons. The van der Waals surface area contributed by atoms with Gasteiger partial charge in [0.05, 0.1) is 85.4 Å². The highest BCUT2D eigenvalue weighted by atomic mass is 32.1. The van der Waals surface area contributed by atoms with Crippen LogP contribution in [0, 0.1) is 39.5 Å². The van der Waals surface area contributed by atoms with Gasteiger partial charge in [-0.1, -0.05) is 24.3 Å². The van der Waals surface area contributed by atoms with E-state index in [1.165, 1.54) is 67.6 Å². The van der Waals surface area contributed by atoms with Crippen molar-refractivity contribution >= 4 is 156 Å². The summed E-state index contributed by atoms with van der Waals surface area (Å²) < 4.78 is 23.3. The van der Waals surface area contributed by atoms with Gasteiger partial charge in [0.2, 0.25) is 0 Å². The summed E-state index contributed by atoms with van der Waals surface area (Å²) >= 11 is 5.43. The SMILES string of the molecule is Cc1ccc2c(N)c(C(=O)N[C@H]3CCc4nc(N5C[C@@H](N)[C@@]6(CCCO6)C5)ccc4C3)sc2n1.Cc1ccc2c(N)c(C(=O)N[C@H]3CCc4nc(N5C[C@@H]6COC[C@]6(N)C5)ccc4C3)sc2n1.Cc1ccc2c(N)c(C(=O)N[C@H]3CCc4nc(N5C[C@H](N)[C@@]6(CCCO6)C5)ccc4C3)sc2n1.Cc1ccc2c(N)c(C(=O)N[C@H]3CCc4nc(N5C[C@H]6COC[C@@]6(N)C5)ccc4C3)sc2n1. The molecule has 12 aromatic rings. The van der Waals surface area contributed by atoms with Gasteiger partial charge in [0.25, 0.3) is 23.6 Å². The molecule has 4 amide bonds. The maximum atomic E-state index is 13.0. The number of hydrogen-bond acceptors (Lipinski definition) is 32. The van der Waals surface area contributed by atoms with Gasteiger partial charge in [-0.2, -0.15) is 0 Å². The average molecular weight is 1890 g/mol. The van der Waals surface area contributed by atoms with E-state index in [0.29, 0.717) is 67.3 Å². The molecule has 36 heteroatoms. The Bertz CT molecular complexity index is 6220. The van der Waals surface area contributed by atoms with E-state index in [4.69, 9.17) is 84.8 Å². The highest BCUT2D eigenvalue weighted by Crippen LogP contribution is 2.44. The number of pyridine rings is 8. The number of aryl methyl sites for hydroxylation is 8. The van der Waals surface area contributed by atoms with Gasteiger partial charge >= 0.3 is 0 Å². The van der Waals surface area contributed by atoms with E-state index in [-0.39, 0.29) is 82.2 Å². The summed E-state index contributed by atoms with van der Waals surface area (Å²) in [6.45, 7) is 18.6. The van der Waals surface area contributed by atoms with Crippen LogP contribution in [0.15, 0.2) is 97.1 Å². The third-order valence-corrected chi connectivity index (χ3v) is 34.1. The van der Waals surface area contributed by atoms with Crippen molar-refractivity contribution in [1.82, 2.24) is 61.1 Å². The van der Waals surface area contributed by atoms with Crippen LogP contribution in [0.25, 0.3) is 40.9 Å². The Morgan fingerprint density at radius 2 is 0.649 bits per heavy atom. The fraction of sp³-hybridized carbons (Fsp3) is 0.469. The number of rotatable bonds is 12. The molecule has 0 saturated carbocycles. The lowest BCUT2D eigenvalue weighted by Gasteiger charge is -2.28. The zero-order chi connectivity index (χ0) is 92.4. The van der Waals surface area contributed by atoms with Gasteiger partial charge in [-0.25, -0.2) is 39.9 Å². The Hall–Kier alpha value is -11.0. The van der Waals surface area contributed by atoms with E-state index in [1.807, 2.05) is 76.2 Å². The van der Waals surface area contributed by atoms with E-state index < -0.39 is 0 Å². The van der Waals surface area contributed by atoms with Gasteiger partial charge in [-0.3, -0.25) is 19.2 Å². The lowest BCUT2D eigenvalue weighted by molar-refractivity contribution is 0.0106. The molecule has 0 unspecified atom stereocenters. The Morgan fingerprint density at radius 1 is 0.373 bits per heavy atom. The van der Waals surface area contributed by atoms with Crippen LogP contribution in [0.2, 0.25) is 0 Å². The molecule has 8 fully saturated rings. The number of carbonyl (C=O) groups is 4. The Kier molecular flexibility index (Phi) is 24.0. The second kappa shape index (κ2) is 35.9. The zero-order valence-corrected chi connectivity index (χ0v) is 79.2. The molecule has 20 heterocycles. The Labute approximate surface area is 792 Å². The van der Waals surface area contributed by atoms with Gasteiger partial charge in [0.1, 0.15) is 73.3 Å². The molecule has 0 bridgehead atoms. The molecule has 32 nitrogen and oxygen atoms in total. The summed E-state index contributed by atoms with van der Waals surface area (Å²) in [5, 5.41) is 16.1. The third kappa shape index (κ3) is 17.3. The number of carbonyl (C=O) groups excluding carboxylic acids is 4. The van der Waals surface area contributed by atoms with Crippen LogP contribution in [0.3, 0.4) is 0 Å². The van der Waals surface area contributed by atoms with Crippen molar-refractivity contribution in [3.8, 4) is 0 Å². The van der Waals surface area contributed by atoms with Crippen molar-refractivity contribution in [1.29, 1.82) is 0 Å². The monoisotopic (exact) mass is 1880 g/mol. The molecule has 4 aliphatic carbocycles. The Morgan fingerprint density at radius 3 is 0.910 bits per heavy atom. The maximum absolute atomic E-state index is 13.0. The van der Waals surface area contributed by atoms with Crippen molar-refractivity contribution in [2.45, 2.75) is 189 Å². The van der Waals surface area contributed by atoms with Crippen molar-refractivity contribution in [3.05, 3.63) is 184 Å². The molecule has 20 N–H and O–H groups in total. The largest absolute Gasteiger partial charge is 0.397 e. The minimum Gasteiger partial charge on any atom is -0.397 e. The highest BCUT2D eigenvalue weighted by molar-refractivity contribution is 7.22. The number of nitrogens with two attached hydrogens (primary N) is 8. The summed E-state index contributed by atoms with van der Waals surface area (Å²) in [6.07, 6.45) is 14.0. The fourth-order valence-electron chi connectivity index (χ4n) is 22.0. The summed E-state index contributed by atoms with van der Waals surface area (Å²) in [4.78, 5) is 105. The standard InChI is InChI=1S/2C25H30N6O2S.2C24H28N6O2S/c2*1-14-3-6-17-21(27)22(34-24(17)28-14)23(32)29-16-5-7-18-15(11-16)4-8-20(30-18)31-12-19(26)25(13-31)9-2-10-33-25;2*1-13-2-5-17-20(25)21(33-23(17)27-13)22(31)28-16-4-6-18-14(8-16)3-7-19(29-18)30-9-15-10-32-12-24(15,26)11-30/h2*3-4,6,8,16,19H,2,5,7,9-13,26-27H2,1H3,(H,29,32);2*2-3,5,7,15-16H,4,6,8-12,25-26H2,1H3,(H,28,31)/t16-,19+,25+;16-,19-,25+;15-,16+,24-;15-,16-,24-/m0010/s1. The Balaban J connectivity index is 0.000000107. The van der Waals surface area contributed by atoms with Crippen LogP contribution in [0.5, 0.6) is 0 Å². The van der Waals surface area contributed by atoms with Gasteiger partial charge < -0.3 is 106 Å². The lowest BCUT2D eigenvalue weighted by Crippen LogP contribution is -2.47. The van der Waals surface area contributed by atoms with Crippen LogP contribution >= 0.6 is 45.3 Å². The third-order valence-electron chi connectivity index (χ3n) is 29.6. The molecule has 12 aliphatic rings. The maximum Gasteiger partial charge on any atom is 0.263 e. The highest BCUT2D eigenvalue weighted by Gasteiger charge is 2.53. The predicted molar refractivity (Wildman–Crippen MR) is 528 cm³/mol. The molecular weight excluding hydrogens is 1770 g/mol. The van der Waals surface area contributed by atoms with Crippen LogP contribution in [0.1, 0.15) is 158 Å². The quantitative estimate of drug-likeness (QED) is 0.0542. The molecule has 12 atom stereocenters. The van der Waals surface area contributed by atoms with E-state index in [1.54, 1.807) is 0 Å². The first kappa shape index (κ1) is 89.5. The average Bonchev–Trinajstić information content (AvgIpc) is 1.63. The number of ether oxygens (including phenoxy) is 4. The number of anilines is 8. The summed E-state index contributed by atoms with van der Waals surface area (Å²) in [6, 6.07) is 32.7. The second-order valence-corrected chi connectivity index (χ2v) is 43.0. The first-order valence-corrected chi connectivity index (χ1v) is 50.2. The van der Waals surface area contributed by atoms with Crippen LogP contribution in [-0.2, 0) is 70.3 Å². The number of amides is 4. The smallest absolute Gasteiger partial charge is 0.263 e. The van der Waals surface area contributed by atoms with Gasteiger partial charge in [0.15, 0.2) is 0 Å². The first-order valence-electron chi connectivity index (χ1n) is 47.0. The number of fused-ring (bicyclic) bond motifs is 10. The number of nitrogens with zero attached hydrogens (tertiary/aromatic N) is 12. The number of nitrogens with one attached hydrogen (secondary N) is 4. The number of nitrogen functional groups attached to an aromatic ring is 4. The predicted octanol–water partition coefficient (Wildman–Crippen LogP) is 9.20. The second-order valence-electron chi connectivity index (χ2n) is 39.0. The zero-order valence-electron chi connectivity index (χ0n) is 76.0. The van der Waals surface area contributed by atoms with Crippen LogP contribution in [-0.4, -0.2) is 214 Å². The molecule has 0 radical (unpaired) electrons.